The molecule has 0 saturated heterocycles. The molecular formula is C86H168O17P2. The van der Waals surface area contributed by atoms with Crippen molar-refractivity contribution in [2.75, 3.05) is 39.6 Å². The lowest BCUT2D eigenvalue weighted by molar-refractivity contribution is -0.161. The van der Waals surface area contributed by atoms with E-state index in [1.807, 2.05) is 0 Å². The SMILES string of the molecule is CCCCCCCCCCCCCCCCCCCCC(=O)OC[C@H](COP(=O)(O)OC[C@@H](O)COP(=O)(O)OC[C@@H](COC(=O)CCCCCCCCCCCC(C)C)OC(=O)CCCCCCCCCCCCCCCCCC)OC(=O)CCCCCCCCCCCCCCCCCCC(C)C. The molecule has 2 unspecified atom stereocenters. The zero-order chi connectivity index (χ0) is 77.1. The molecule has 0 radical (unpaired) electrons. The van der Waals surface area contributed by atoms with E-state index in [-0.39, 0.29) is 25.7 Å². The minimum Gasteiger partial charge on any atom is -0.462 e. The monoisotopic (exact) mass is 1540 g/mol. The molecule has 0 aliphatic heterocycles. The van der Waals surface area contributed by atoms with E-state index in [4.69, 9.17) is 37.0 Å². The Hall–Kier alpha value is -1.94. The highest BCUT2D eigenvalue weighted by molar-refractivity contribution is 7.47. The molecule has 0 saturated carbocycles. The van der Waals surface area contributed by atoms with E-state index in [1.54, 1.807) is 0 Å². The first-order valence-corrected chi connectivity index (χ1v) is 47.5. The first-order valence-electron chi connectivity index (χ1n) is 44.5. The number of ether oxygens (including phenoxy) is 4. The van der Waals surface area contributed by atoms with Gasteiger partial charge in [0.05, 0.1) is 26.4 Å². The van der Waals surface area contributed by atoms with Crippen LogP contribution in [0.2, 0.25) is 0 Å². The second kappa shape index (κ2) is 77.4. The van der Waals surface area contributed by atoms with Gasteiger partial charge in [-0.15, -0.1) is 0 Å². The lowest BCUT2D eigenvalue weighted by atomic mass is 10.0. The molecule has 0 aromatic heterocycles. The standard InChI is InChI=1S/C86H168O17P2/c1-7-9-11-13-15-17-19-21-23-25-26-31-34-38-44-50-56-62-68-83(88)96-74-81(102-85(90)71-65-59-53-46-40-36-32-28-27-29-33-37-42-48-54-60-66-78(3)4)76-100-104(92,93)98-72-80(87)73-99-105(94,95)101-77-82(75-97-84(89)69-63-57-51-47-41-43-49-55-61-67-79(5)6)103-86(91)70-64-58-52-45-39-35-30-24-22-20-18-16-14-12-10-8-2/h78-82,87H,7-77H2,1-6H3,(H,92,93)(H,94,95)/t80-,81-,82-/m1/s1. The minimum absolute atomic E-state index is 0.108. The molecule has 0 heterocycles. The van der Waals surface area contributed by atoms with Crippen molar-refractivity contribution in [2.45, 2.75) is 477 Å². The Morgan fingerprint density at radius 1 is 0.257 bits per heavy atom. The van der Waals surface area contributed by atoms with Crippen molar-refractivity contribution in [1.29, 1.82) is 0 Å². The second-order valence-electron chi connectivity index (χ2n) is 31.9. The van der Waals surface area contributed by atoms with Crippen LogP contribution in [-0.4, -0.2) is 96.7 Å². The van der Waals surface area contributed by atoms with Crippen molar-refractivity contribution >= 4 is 39.5 Å². The number of esters is 4. The summed E-state index contributed by atoms with van der Waals surface area (Å²) < 4.78 is 68.9. The number of unbranched alkanes of at least 4 members (excludes halogenated alkanes) is 55. The maximum absolute atomic E-state index is 13.1. The zero-order valence-electron chi connectivity index (χ0n) is 69.0. The van der Waals surface area contributed by atoms with E-state index in [1.165, 1.54) is 276 Å². The van der Waals surface area contributed by atoms with Crippen LogP contribution >= 0.6 is 15.6 Å². The van der Waals surface area contributed by atoms with Gasteiger partial charge in [-0.1, -0.05) is 408 Å². The highest BCUT2D eigenvalue weighted by Crippen LogP contribution is 2.45. The minimum atomic E-state index is -4.97. The first-order chi connectivity index (χ1) is 50.9. The van der Waals surface area contributed by atoms with Gasteiger partial charge in [0.15, 0.2) is 12.2 Å². The van der Waals surface area contributed by atoms with E-state index >= 15 is 0 Å². The average Bonchev–Trinajstić information content (AvgIpc) is 0.911. The Bertz CT molecular complexity index is 2010. The van der Waals surface area contributed by atoms with Crippen molar-refractivity contribution < 1.29 is 80.2 Å². The van der Waals surface area contributed by atoms with Crippen LogP contribution < -0.4 is 0 Å². The van der Waals surface area contributed by atoms with Crippen LogP contribution in [0.15, 0.2) is 0 Å². The summed E-state index contributed by atoms with van der Waals surface area (Å²) in [6.45, 7) is 9.69. The summed E-state index contributed by atoms with van der Waals surface area (Å²) in [5.41, 5.74) is 0. The van der Waals surface area contributed by atoms with Gasteiger partial charge in [-0.2, -0.15) is 0 Å². The van der Waals surface area contributed by atoms with Gasteiger partial charge >= 0.3 is 39.5 Å². The summed E-state index contributed by atoms with van der Waals surface area (Å²) in [5, 5.41) is 10.7. The van der Waals surface area contributed by atoms with Crippen molar-refractivity contribution in [1.82, 2.24) is 0 Å². The third-order valence-corrected chi connectivity index (χ3v) is 22.1. The van der Waals surface area contributed by atoms with Crippen molar-refractivity contribution in [3.8, 4) is 0 Å². The Morgan fingerprint density at radius 3 is 0.648 bits per heavy atom. The summed E-state index contributed by atoms with van der Waals surface area (Å²) in [7, 11) is -9.93. The van der Waals surface area contributed by atoms with Gasteiger partial charge in [0.25, 0.3) is 0 Å². The van der Waals surface area contributed by atoms with Gasteiger partial charge in [-0.3, -0.25) is 37.3 Å². The quantitative estimate of drug-likeness (QED) is 0.0222. The molecule has 0 bridgehead atoms. The molecule has 0 rings (SSSR count). The Kier molecular flexibility index (Phi) is 76.0. The number of aliphatic hydroxyl groups is 1. The maximum atomic E-state index is 13.1. The lowest BCUT2D eigenvalue weighted by Crippen LogP contribution is -2.30. The second-order valence-corrected chi connectivity index (χ2v) is 34.8. The van der Waals surface area contributed by atoms with E-state index < -0.39 is 97.5 Å². The number of carbonyl (C=O) groups excluding carboxylic acids is 4. The number of hydrogen-bond acceptors (Lipinski definition) is 15. The summed E-state index contributed by atoms with van der Waals surface area (Å²) >= 11 is 0. The number of hydrogen-bond donors (Lipinski definition) is 3. The number of rotatable bonds is 85. The first kappa shape index (κ1) is 103. The molecule has 0 aromatic carbocycles. The molecule has 0 fully saturated rings. The van der Waals surface area contributed by atoms with E-state index in [0.29, 0.717) is 25.7 Å². The van der Waals surface area contributed by atoms with Gasteiger partial charge < -0.3 is 33.8 Å². The predicted molar refractivity (Wildman–Crippen MR) is 432 cm³/mol. The van der Waals surface area contributed by atoms with Crippen LogP contribution in [0.4, 0.5) is 0 Å². The molecule has 0 aliphatic rings. The van der Waals surface area contributed by atoms with Crippen molar-refractivity contribution in [2.24, 2.45) is 11.8 Å². The molecule has 17 nitrogen and oxygen atoms in total. The molecule has 105 heavy (non-hydrogen) atoms. The molecule has 0 aromatic rings. The van der Waals surface area contributed by atoms with Crippen LogP contribution in [0.25, 0.3) is 0 Å². The number of aliphatic hydroxyl groups excluding tert-OH is 1. The zero-order valence-corrected chi connectivity index (χ0v) is 70.8. The third kappa shape index (κ3) is 79.9. The predicted octanol–water partition coefficient (Wildman–Crippen LogP) is 26.2. The molecule has 3 N–H and O–H groups in total. The topological polar surface area (TPSA) is 237 Å². The molecule has 0 amide bonds. The van der Waals surface area contributed by atoms with Crippen LogP contribution in [0, 0.1) is 11.8 Å². The highest BCUT2D eigenvalue weighted by atomic mass is 31.2. The van der Waals surface area contributed by atoms with Crippen molar-refractivity contribution in [3.05, 3.63) is 0 Å². The molecule has 624 valence electrons. The number of phosphoric acid groups is 2. The van der Waals surface area contributed by atoms with E-state index in [0.717, 1.165) is 102 Å². The van der Waals surface area contributed by atoms with Crippen LogP contribution in [-0.2, 0) is 65.4 Å². The molecular weight excluding hydrogens is 1370 g/mol. The summed E-state index contributed by atoms with van der Waals surface area (Å²) in [5.74, 6) is -0.547. The van der Waals surface area contributed by atoms with Gasteiger partial charge in [-0.25, -0.2) is 9.13 Å². The largest absolute Gasteiger partial charge is 0.472 e. The fourth-order valence-corrected chi connectivity index (χ4v) is 15.0. The number of phosphoric ester groups is 2. The van der Waals surface area contributed by atoms with Gasteiger partial charge in [0.1, 0.15) is 19.3 Å². The van der Waals surface area contributed by atoms with Crippen molar-refractivity contribution in [3.63, 3.8) is 0 Å². The van der Waals surface area contributed by atoms with E-state index in [2.05, 4.69) is 41.5 Å². The van der Waals surface area contributed by atoms with Crippen LogP contribution in [0.1, 0.15) is 459 Å². The Morgan fingerprint density at radius 2 is 0.438 bits per heavy atom. The van der Waals surface area contributed by atoms with Crippen LogP contribution in [0.5, 0.6) is 0 Å². The smallest absolute Gasteiger partial charge is 0.462 e. The van der Waals surface area contributed by atoms with Crippen LogP contribution in [0.3, 0.4) is 0 Å². The molecule has 19 heteroatoms. The van der Waals surface area contributed by atoms with Gasteiger partial charge in [-0.05, 0) is 37.5 Å². The lowest BCUT2D eigenvalue weighted by Gasteiger charge is -2.21. The molecule has 0 spiro atoms. The van der Waals surface area contributed by atoms with Gasteiger partial charge in [0, 0.05) is 25.7 Å². The highest BCUT2D eigenvalue weighted by Gasteiger charge is 2.30. The molecule has 5 atom stereocenters. The third-order valence-electron chi connectivity index (χ3n) is 20.2. The average molecular weight is 1540 g/mol. The normalized spacial score (nSPS) is 13.8. The van der Waals surface area contributed by atoms with Gasteiger partial charge in [0.2, 0.25) is 0 Å². The van der Waals surface area contributed by atoms with E-state index in [9.17, 15) is 43.2 Å². The molecule has 0 aliphatic carbocycles. The Balaban J connectivity index is 5.26. The fourth-order valence-electron chi connectivity index (χ4n) is 13.4. The summed E-state index contributed by atoms with van der Waals surface area (Å²) in [6.07, 6.45) is 69.4. The fraction of sp³-hybridized carbons (Fsp3) is 0.953. The summed E-state index contributed by atoms with van der Waals surface area (Å²) in [6, 6.07) is 0. The summed E-state index contributed by atoms with van der Waals surface area (Å²) in [4.78, 5) is 73.3. The number of carbonyl (C=O) groups is 4. The Labute approximate surface area is 645 Å². The maximum Gasteiger partial charge on any atom is 0.472 e.